The number of carbonyl (C=O) groups excluding carboxylic acids is 2. The molecule has 2 fully saturated rings. The van der Waals surface area contributed by atoms with Crippen LogP contribution in [-0.2, 0) is 4.79 Å². The monoisotopic (exact) mass is 337 g/mol. The smallest absolute Gasteiger partial charge is 0.309 e. The maximum atomic E-state index is 13.2. The highest BCUT2D eigenvalue weighted by molar-refractivity contribution is 6.07. The zero-order valence-electron chi connectivity index (χ0n) is 16.3. The predicted octanol–water partition coefficient (Wildman–Crippen LogP) is 3.34. The van der Waals surface area contributed by atoms with Crippen LogP contribution in [0.4, 0.5) is 4.79 Å². The minimum Gasteiger partial charge on any atom is -0.309 e. The molecule has 1 atom stereocenters. The van der Waals surface area contributed by atoms with Crippen LogP contribution in [0, 0.1) is 5.92 Å². The number of amides is 3. The van der Waals surface area contributed by atoms with E-state index in [0.717, 1.165) is 38.8 Å². The van der Waals surface area contributed by atoms with E-state index in [4.69, 9.17) is 0 Å². The number of carbonyl (C=O) groups is 2. The highest BCUT2D eigenvalue weighted by Gasteiger charge is 2.58. The molecular weight excluding hydrogens is 302 g/mol. The van der Waals surface area contributed by atoms with E-state index in [1.807, 2.05) is 18.7 Å². The third-order valence-corrected chi connectivity index (χ3v) is 5.86. The average molecular weight is 338 g/mol. The lowest BCUT2D eigenvalue weighted by Crippen LogP contribution is -2.58. The van der Waals surface area contributed by atoms with E-state index in [2.05, 4.69) is 32.6 Å². The minimum absolute atomic E-state index is 0.0371. The molecule has 2 rings (SSSR count). The number of imide groups is 1. The van der Waals surface area contributed by atoms with Gasteiger partial charge in [0.2, 0.25) is 0 Å². The Labute approximate surface area is 147 Å². The molecule has 5 heteroatoms. The number of likely N-dealkylation sites (tertiary alicyclic amines) is 1. The van der Waals surface area contributed by atoms with Crippen LogP contribution in [0.25, 0.3) is 0 Å². The molecule has 1 spiro atoms. The van der Waals surface area contributed by atoms with E-state index in [0.29, 0.717) is 18.5 Å². The zero-order chi connectivity index (χ0) is 18.1. The molecule has 3 amide bonds. The summed E-state index contributed by atoms with van der Waals surface area (Å²) < 4.78 is 0. The largest absolute Gasteiger partial charge is 0.327 e. The quantitative estimate of drug-likeness (QED) is 0.698. The van der Waals surface area contributed by atoms with Crippen LogP contribution in [0.1, 0.15) is 67.2 Å². The molecule has 0 aromatic carbocycles. The topological polar surface area (TPSA) is 43.9 Å². The lowest BCUT2D eigenvalue weighted by Gasteiger charge is -2.44. The standard InChI is InChI=1S/C19H35N3O2/c1-7-16(6)20-12-9-19(10-13-20)17(23)22(15(4)5)18(24)21(19)11-8-14(2)3/h14-16H,7-13H2,1-6H3/t16-/m1/s1. The van der Waals surface area contributed by atoms with Crippen LogP contribution in [0.2, 0.25) is 0 Å². The first-order valence-corrected chi connectivity index (χ1v) is 9.64. The molecule has 0 radical (unpaired) electrons. The molecule has 2 aliphatic rings. The summed E-state index contributed by atoms with van der Waals surface area (Å²) in [5.74, 6) is 0.563. The molecule has 5 nitrogen and oxygen atoms in total. The number of piperidine rings is 1. The van der Waals surface area contributed by atoms with Crippen molar-refractivity contribution >= 4 is 11.9 Å². The lowest BCUT2D eigenvalue weighted by atomic mass is 9.84. The fourth-order valence-corrected chi connectivity index (χ4v) is 3.97. The Balaban J connectivity index is 2.23. The number of urea groups is 1. The van der Waals surface area contributed by atoms with Crippen molar-refractivity contribution in [1.29, 1.82) is 0 Å². The third kappa shape index (κ3) is 3.32. The first-order valence-electron chi connectivity index (χ1n) is 9.64. The summed E-state index contributed by atoms with van der Waals surface area (Å²) in [6, 6.07) is 0.394. The highest BCUT2D eigenvalue weighted by Crippen LogP contribution is 2.39. The van der Waals surface area contributed by atoms with Crippen molar-refractivity contribution in [2.75, 3.05) is 19.6 Å². The van der Waals surface area contributed by atoms with Gasteiger partial charge in [-0.25, -0.2) is 4.79 Å². The van der Waals surface area contributed by atoms with Gasteiger partial charge in [-0.05, 0) is 52.4 Å². The molecule has 2 aliphatic heterocycles. The molecule has 24 heavy (non-hydrogen) atoms. The van der Waals surface area contributed by atoms with Crippen molar-refractivity contribution in [3.8, 4) is 0 Å². The fourth-order valence-electron chi connectivity index (χ4n) is 3.97. The zero-order valence-corrected chi connectivity index (χ0v) is 16.3. The van der Waals surface area contributed by atoms with Gasteiger partial charge >= 0.3 is 6.03 Å². The van der Waals surface area contributed by atoms with Gasteiger partial charge in [-0.1, -0.05) is 20.8 Å². The van der Waals surface area contributed by atoms with Crippen molar-refractivity contribution in [3.63, 3.8) is 0 Å². The lowest BCUT2D eigenvalue weighted by molar-refractivity contribution is -0.137. The maximum Gasteiger partial charge on any atom is 0.327 e. The Kier molecular flexibility index (Phi) is 5.95. The van der Waals surface area contributed by atoms with Crippen molar-refractivity contribution in [1.82, 2.24) is 14.7 Å². The van der Waals surface area contributed by atoms with E-state index in [1.54, 1.807) is 0 Å². The summed E-state index contributed by atoms with van der Waals surface area (Å²) in [6.45, 7) is 15.1. The fraction of sp³-hybridized carbons (Fsp3) is 0.895. The van der Waals surface area contributed by atoms with E-state index in [9.17, 15) is 9.59 Å². The van der Waals surface area contributed by atoms with Crippen molar-refractivity contribution in [3.05, 3.63) is 0 Å². The van der Waals surface area contributed by atoms with Gasteiger partial charge in [-0.2, -0.15) is 0 Å². The third-order valence-electron chi connectivity index (χ3n) is 5.86. The Morgan fingerprint density at radius 1 is 1.04 bits per heavy atom. The van der Waals surface area contributed by atoms with Crippen molar-refractivity contribution in [2.24, 2.45) is 5.92 Å². The first-order chi connectivity index (χ1) is 11.2. The van der Waals surface area contributed by atoms with Crippen LogP contribution < -0.4 is 0 Å². The molecule has 0 unspecified atom stereocenters. The number of hydrogen-bond acceptors (Lipinski definition) is 3. The van der Waals surface area contributed by atoms with Crippen LogP contribution in [0.3, 0.4) is 0 Å². The second kappa shape index (κ2) is 7.42. The minimum atomic E-state index is -0.597. The highest BCUT2D eigenvalue weighted by atomic mass is 16.2. The molecule has 2 saturated heterocycles. The Morgan fingerprint density at radius 3 is 2.08 bits per heavy atom. The van der Waals surface area contributed by atoms with Gasteiger partial charge in [0.25, 0.3) is 5.91 Å². The summed E-state index contributed by atoms with van der Waals surface area (Å²) in [6.07, 6.45) is 3.60. The van der Waals surface area contributed by atoms with Crippen molar-refractivity contribution < 1.29 is 9.59 Å². The molecule has 0 aromatic heterocycles. The second-order valence-electron chi connectivity index (χ2n) is 8.21. The molecule has 0 saturated carbocycles. The number of rotatable bonds is 6. The molecule has 0 aromatic rings. The van der Waals surface area contributed by atoms with E-state index in [1.165, 1.54) is 4.90 Å². The van der Waals surface area contributed by atoms with Crippen LogP contribution in [0.5, 0.6) is 0 Å². The summed E-state index contributed by atoms with van der Waals surface area (Å²) >= 11 is 0. The van der Waals surface area contributed by atoms with Gasteiger partial charge in [0.15, 0.2) is 0 Å². The van der Waals surface area contributed by atoms with Gasteiger partial charge in [-0.3, -0.25) is 9.69 Å². The first kappa shape index (κ1) is 19.2. The van der Waals surface area contributed by atoms with Crippen LogP contribution in [0.15, 0.2) is 0 Å². The van der Waals surface area contributed by atoms with Crippen molar-refractivity contribution in [2.45, 2.75) is 84.8 Å². The molecule has 0 bridgehead atoms. The van der Waals surface area contributed by atoms with E-state index < -0.39 is 5.54 Å². The molecule has 138 valence electrons. The predicted molar refractivity (Wildman–Crippen MR) is 96.8 cm³/mol. The molecule has 0 N–H and O–H groups in total. The molecule has 2 heterocycles. The second-order valence-corrected chi connectivity index (χ2v) is 8.21. The van der Waals surface area contributed by atoms with E-state index in [-0.39, 0.29) is 18.0 Å². The SMILES string of the molecule is CC[C@@H](C)N1CCC2(CC1)C(=O)N(C(C)C)C(=O)N2CCC(C)C. The maximum absolute atomic E-state index is 13.2. The summed E-state index contributed by atoms with van der Waals surface area (Å²) in [5.41, 5.74) is -0.597. The van der Waals surface area contributed by atoms with Gasteiger partial charge in [0, 0.05) is 31.7 Å². The van der Waals surface area contributed by atoms with Crippen LogP contribution >= 0.6 is 0 Å². The van der Waals surface area contributed by atoms with Gasteiger partial charge in [-0.15, -0.1) is 0 Å². The van der Waals surface area contributed by atoms with Gasteiger partial charge in [0.05, 0.1) is 0 Å². The Morgan fingerprint density at radius 2 is 1.62 bits per heavy atom. The summed E-state index contributed by atoms with van der Waals surface area (Å²) in [7, 11) is 0. The van der Waals surface area contributed by atoms with Crippen LogP contribution in [-0.4, -0.2) is 63.9 Å². The molecular formula is C19H35N3O2. The number of nitrogens with zero attached hydrogens (tertiary/aromatic N) is 3. The Bertz CT molecular complexity index is 467. The van der Waals surface area contributed by atoms with Gasteiger partial charge in [0.1, 0.15) is 5.54 Å². The summed E-state index contributed by atoms with van der Waals surface area (Å²) in [4.78, 5) is 32.0. The van der Waals surface area contributed by atoms with Gasteiger partial charge < -0.3 is 9.80 Å². The average Bonchev–Trinajstić information content (AvgIpc) is 2.73. The summed E-state index contributed by atoms with van der Waals surface area (Å²) in [5, 5.41) is 0. The van der Waals surface area contributed by atoms with E-state index >= 15 is 0 Å². The normalized spacial score (nSPS) is 23.2. The number of hydrogen-bond donors (Lipinski definition) is 0. The Hall–Kier alpha value is -1.10. The molecule has 0 aliphatic carbocycles.